The van der Waals surface area contributed by atoms with Gasteiger partial charge in [-0.2, -0.15) is 0 Å². The maximum Gasteiger partial charge on any atom is 0.219 e. The number of nitrogens with zero attached hydrogens (tertiary/aromatic N) is 3. The molecule has 0 saturated carbocycles. The third-order valence-electron chi connectivity index (χ3n) is 5.17. The highest BCUT2D eigenvalue weighted by Gasteiger charge is 2.23. The third kappa shape index (κ3) is 5.72. The molecule has 31 heavy (non-hydrogen) atoms. The van der Waals surface area contributed by atoms with Crippen molar-refractivity contribution in [1.82, 2.24) is 15.6 Å². The van der Waals surface area contributed by atoms with Crippen molar-refractivity contribution >= 4 is 11.6 Å². The number of para-hydroxylation sites is 1. The van der Waals surface area contributed by atoms with Gasteiger partial charge in [0.1, 0.15) is 11.6 Å². The Labute approximate surface area is 181 Å². The molecule has 6 nitrogen and oxygen atoms in total. The zero-order valence-corrected chi connectivity index (χ0v) is 17.5. The molecule has 2 aromatic carbocycles. The highest BCUT2D eigenvalue weighted by atomic mass is 19.1. The van der Waals surface area contributed by atoms with Crippen molar-refractivity contribution in [3.8, 4) is 11.6 Å². The van der Waals surface area contributed by atoms with E-state index in [9.17, 15) is 4.39 Å². The molecule has 4 rings (SSSR count). The summed E-state index contributed by atoms with van der Waals surface area (Å²) in [5.41, 5.74) is 2.26. The lowest BCUT2D eigenvalue weighted by Crippen LogP contribution is -2.44. The summed E-state index contributed by atoms with van der Waals surface area (Å²) < 4.78 is 18.8. The standard InChI is InChI=1S/C24H26FN5O/c1-26-24(29-20-12-14-30(17-20)21-5-3-2-4-6-21)28-16-18-11-13-27-23(15-18)31-22-9-7-19(25)8-10-22/h2-11,13,15,20H,12,14,16-17H2,1H3,(H2,26,28,29). The van der Waals surface area contributed by atoms with Crippen LogP contribution in [0.2, 0.25) is 0 Å². The minimum Gasteiger partial charge on any atom is -0.439 e. The van der Waals surface area contributed by atoms with Crippen molar-refractivity contribution in [2.75, 3.05) is 25.0 Å². The number of rotatable bonds is 6. The number of pyridine rings is 1. The van der Waals surface area contributed by atoms with Crippen LogP contribution in [0.3, 0.4) is 0 Å². The smallest absolute Gasteiger partial charge is 0.219 e. The summed E-state index contributed by atoms with van der Waals surface area (Å²) in [7, 11) is 1.77. The van der Waals surface area contributed by atoms with Crippen molar-refractivity contribution < 1.29 is 9.13 Å². The average Bonchev–Trinajstić information content (AvgIpc) is 3.28. The highest BCUT2D eigenvalue weighted by Crippen LogP contribution is 2.21. The SMILES string of the molecule is CN=C(NCc1ccnc(Oc2ccc(F)cc2)c1)NC1CCN(c2ccccc2)C1. The number of ether oxygens (including phenoxy) is 1. The number of halogens is 1. The topological polar surface area (TPSA) is 61.8 Å². The van der Waals surface area contributed by atoms with Gasteiger partial charge in [0.2, 0.25) is 5.88 Å². The molecule has 1 saturated heterocycles. The first-order valence-corrected chi connectivity index (χ1v) is 10.3. The number of hydrogen-bond acceptors (Lipinski definition) is 4. The van der Waals surface area contributed by atoms with Crippen LogP contribution in [-0.2, 0) is 6.54 Å². The molecule has 0 aliphatic carbocycles. The van der Waals surface area contributed by atoms with Crippen molar-refractivity contribution in [2.45, 2.75) is 19.0 Å². The van der Waals surface area contributed by atoms with E-state index in [4.69, 9.17) is 4.74 Å². The van der Waals surface area contributed by atoms with E-state index >= 15 is 0 Å². The first kappa shape index (κ1) is 20.7. The van der Waals surface area contributed by atoms with Gasteiger partial charge < -0.3 is 20.3 Å². The second-order valence-corrected chi connectivity index (χ2v) is 7.40. The maximum absolute atomic E-state index is 13.1. The number of nitrogens with one attached hydrogen (secondary N) is 2. The fourth-order valence-electron chi connectivity index (χ4n) is 3.56. The molecule has 3 aromatic rings. The molecule has 1 aliphatic heterocycles. The van der Waals surface area contributed by atoms with Gasteiger partial charge in [-0.1, -0.05) is 18.2 Å². The maximum atomic E-state index is 13.1. The summed E-state index contributed by atoms with van der Waals surface area (Å²) in [6, 6.07) is 20.4. The fraction of sp³-hybridized carbons (Fsp3) is 0.250. The summed E-state index contributed by atoms with van der Waals surface area (Å²) in [6.07, 6.45) is 2.75. The highest BCUT2D eigenvalue weighted by molar-refractivity contribution is 5.80. The van der Waals surface area contributed by atoms with Crippen LogP contribution in [0.15, 0.2) is 77.9 Å². The van der Waals surface area contributed by atoms with E-state index in [-0.39, 0.29) is 5.82 Å². The molecule has 2 heterocycles. The van der Waals surface area contributed by atoms with Gasteiger partial charge in [0, 0.05) is 50.7 Å². The summed E-state index contributed by atoms with van der Waals surface area (Å²) in [6.45, 7) is 2.54. The van der Waals surface area contributed by atoms with Gasteiger partial charge in [-0.3, -0.25) is 4.99 Å². The quantitative estimate of drug-likeness (QED) is 0.468. The molecule has 1 aromatic heterocycles. The lowest BCUT2D eigenvalue weighted by atomic mass is 10.2. The molecule has 1 aliphatic rings. The van der Waals surface area contributed by atoms with E-state index in [2.05, 4.69) is 49.8 Å². The Balaban J connectivity index is 1.29. The molecule has 2 N–H and O–H groups in total. The molecule has 0 amide bonds. The Hall–Kier alpha value is -3.61. The molecule has 1 fully saturated rings. The Morgan fingerprint density at radius 2 is 1.97 bits per heavy atom. The average molecular weight is 420 g/mol. The van der Waals surface area contributed by atoms with Crippen molar-refractivity contribution in [1.29, 1.82) is 0 Å². The first-order chi connectivity index (χ1) is 15.2. The van der Waals surface area contributed by atoms with Gasteiger partial charge in [0.25, 0.3) is 0 Å². The normalized spacial score (nSPS) is 16.3. The van der Waals surface area contributed by atoms with Crippen LogP contribution in [0.4, 0.5) is 10.1 Å². The molecular formula is C24H26FN5O. The zero-order chi connectivity index (χ0) is 21.5. The van der Waals surface area contributed by atoms with E-state index < -0.39 is 0 Å². The minimum absolute atomic E-state index is 0.300. The number of aromatic nitrogens is 1. The predicted molar refractivity (Wildman–Crippen MR) is 121 cm³/mol. The largest absolute Gasteiger partial charge is 0.439 e. The number of hydrogen-bond donors (Lipinski definition) is 2. The van der Waals surface area contributed by atoms with Crippen LogP contribution < -0.4 is 20.3 Å². The Morgan fingerprint density at radius 3 is 2.74 bits per heavy atom. The summed E-state index contributed by atoms with van der Waals surface area (Å²) >= 11 is 0. The number of benzene rings is 2. The molecule has 160 valence electrons. The van der Waals surface area contributed by atoms with Crippen molar-refractivity contribution in [3.63, 3.8) is 0 Å². The number of guanidine groups is 1. The van der Waals surface area contributed by atoms with Gasteiger partial charge in [-0.15, -0.1) is 0 Å². The molecule has 0 bridgehead atoms. The Bertz CT molecular complexity index is 1010. The van der Waals surface area contributed by atoms with Crippen LogP contribution in [0.25, 0.3) is 0 Å². The number of aliphatic imine (C=N–C) groups is 1. The van der Waals surface area contributed by atoms with Crippen LogP contribution in [0.5, 0.6) is 11.6 Å². The molecule has 1 unspecified atom stereocenters. The Morgan fingerprint density at radius 1 is 1.16 bits per heavy atom. The van der Waals surface area contributed by atoms with Gasteiger partial charge in [-0.05, 0) is 54.4 Å². The van der Waals surface area contributed by atoms with Gasteiger partial charge in [0.05, 0.1) is 0 Å². The fourth-order valence-corrected chi connectivity index (χ4v) is 3.56. The first-order valence-electron chi connectivity index (χ1n) is 10.3. The molecular weight excluding hydrogens is 393 g/mol. The van der Waals surface area contributed by atoms with E-state index in [1.165, 1.54) is 17.8 Å². The number of anilines is 1. The van der Waals surface area contributed by atoms with Crippen molar-refractivity contribution in [2.24, 2.45) is 4.99 Å². The van der Waals surface area contributed by atoms with Gasteiger partial charge >= 0.3 is 0 Å². The Kier molecular flexibility index (Phi) is 6.62. The van der Waals surface area contributed by atoms with Crippen LogP contribution >= 0.6 is 0 Å². The van der Waals surface area contributed by atoms with Gasteiger partial charge in [0.15, 0.2) is 5.96 Å². The van der Waals surface area contributed by atoms with Crippen LogP contribution in [-0.4, -0.2) is 37.1 Å². The lowest BCUT2D eigenvalue weighted by Gasteiger charge is -2.20. The van der Waals surface area contributed by atoms with Crippen molar-refractivity contribution in [3.05, 3.63) is 84.3 Å². The lowest BCUT2D eigenvalue weighted by molar-refractivity contribution is 0.460. The monoisotopic (exact) mass is 419 g/mol. The second-order valence-electron chi connectivity index (χ2n) is 7.40. The van der Waals surface area contributed by atoms with E-state index in [1.54, 1.807) is 25.4 Å². The van der Waals surface area contributed by atoms with E-state index in [0.29, 0.717) is 24.2 Å². The summed E-state index contributed by atoms with van der Waals surface area (Å²) in [5.74, 6) is 1.47. The summed E-state index contributed by atoms with van der Waals surface area (Å²) in [4.78, 5) is 11.0. The van der Waals surface area contributed by atoms with E-state index in [1.807, 2.05) is 18.2 Å². The van der Waals surface area contributed by atoms with Gasteiger partial charge in [-0.25, -0.2) is 9.37 Å². The van der Waals surface area contributed by atoms with E-state index in [0.717, 1.165) is 31.0 Å². The minimum atomic E-state index is -0.300. The molecule has 0 radical (unpaired) electrons. The summed E-state index contributed by atoms with van der Waals surface area (Å²) in [5, 5.41) is 6.86. The molecule has 0 spiro atoms. The van der Waals surface area contributed by atoms with Crippen LogP contribution in [0, 0.1) is 5.82 Å². The van der Waals surface area contributed by atoms with Crippen LogP contribution in [0.1, 0.15) is 12.0 Å². The third-order valence-corrected chi connectivity index (χ3v) is 5.17. The molecule has 7 heteroatoms. The second kappa shape index (κ2) is 9.93. The predicted octanol–water partition coefficient (Wildman–Crippen LogP) is 3.96. The zero-order valence-electron chi connectivity index (χ0n) is 17.5. The molecule has 1 atom stereocenters.